The molecule has 226 valence electrons. The predicted octanol–water partition coefficient (Wildman–Crippen LogP) is 9.57. The molecule has 10 atom stereocenters. The lowest BCUT2D eigenvalue weighted by atomic mass is 9.44. The van der Waals surface area contributed by atoms with Crippen molar-refractivity contribution in [2.24, 2.45) is 52.3 Å². The van der Waals surface area contributed by atoms with Crippen molar-refractivity contribution < 1.29 is 4.74 Å². The Morgan fingerprint density at radius 3 is 2.54 bits per heavy atom. The summed E-state index contributed by atoms with van der Waals surface area (Å²) in [6.45, 7) is 13.5. The Bertz CT molecular complexity index is 1150. The van der Waals surface area contributed by atoms with E-state index < -0.39 is 0 Å². The van der Waals surface area contributed by atoms with Crippen LogP contribution in [0.4, 0.5) is 0 Å². The minimum absolute atomic E-state index is 0.541. The van der Waals surface area contributed by atoms with Crippen molar-refractivity contribution in [3.63, 3.8) is 0 Å². The monoisotopic (exact) mass is 623 g/mol. The van der Waals surface area contributed by atoms with E-state index in [0.29, 0.717) is 23.0 Å². The molecule has 0 N–H and O–H groups in total. The summed E-state index contributed by atoms with van der Waals surface area (Å²) < 4.78 is 9.37. The maximum absolute atomic E-state index is 6.82. The van der Waals surface area contributed by atoms with E-state index in [1.165, 1.54) is 76.2 Å². The molecular formula is C36H54BrN3O. The molecule has 0 bridgehead atoms. The number of benzene rings is 1. The first-order valence-corrected chi connectivity index (χ1v) is 17.7. The molecule has 0 amide bonds. The van der Waals surface area contributed by atoms with Crippen molar-refractivity contribution in [1.82, 2.24) is 15.0 Å². The third-order valence-electron chi connectivity index (χ3n) is 12.9. The van der Waals surface area contributed by atoms with E-state index in [9.17, 15) is 0 Å². The second-order valence-electron chi connectivity index (χ2n) is 15.5. The zero-order valence-electron chi connectivity index (χ0n) is 26.3. The third kappa shape index (κ3) is 5.73. The summed E-state index contributed by atoms with van der Waals surface area (Å²) in [6.07, 6.45) is 19.2. The second-order valence-corrected chi connectivity index (χ2v) is 16.3. The average molecular weight is 625 g/mol. The van der Waals surface area contributed by atoms with Crippen LogP contribution < -0.4 is 0 Å². The summed E-state index contributed by atoms with van der Waals surface area (Å²) in [5.74, 6) is 6.45. The minimum atomic E-state index is 0.541. The lowest BCUT2D eigenvalue weighted by Crippen LogP contribution is -2.53. The lowest BCUT2D eigenvalue weighted by molar-refractivity contribution is -0.115. The van der Waals surface area contributed by atoms with Crippen LogP contribution in [0.25, 0.3) is 0 Å². The van der Waals surface area contributed by atoms with Gasteiger partial charge in [0.15, 0.2) is 0 Å². The van der Waals surface area contributed by atoms with Crippen LogP contribution in [0.5, 0.6) is 0 Å². The fourth-order valence-corrected chi connectivity index (χ4v) is 11.2. The van der Waals surface area contributed by atoms with Crippen molar-refractivity contribution in [1.29, 1.82) is 0 Å². The molecule has 1 saturated heterocycles. The van der Waals surface area contributed by atoms with Crippen LogP contribution in [-0.2, 0) is 11.3 Å². The summed E-state index contributed by atoms with van der Waals surface area (Å²) >= 11 is 3.25. The molecule has 5 aliphatic rings. The largest absolute Gasteiger partial charge is 0.374 e. The molecule has 0 spiro atoms. The topological polar surface area (TPSA) is 39.9 Å². The normalized spacial score (nSPS) is 41.1. The van der Waals surface area contributed by atoms with E-state index >= 15 is 0 Å². The van der Waals surface area contributed by atoms with Gasteiger partial charge in [0, 0.05) is 0 Å². The van der Waals surface area contributed by atoms with Crippen molar-refractivity contribution in [3.05, 3.63) is 46.7 Å². The minimum Gasteiger partial charge on any atom is -0.374 e. The summed E-state index contributed by atoms with van der Waals surface area (Å²) in [6, 6.07) is 10.2. The summed E-state index contributed by atoms with van der Waals surface area (Å²) in [5, 5.41) is 7.77. The van der Waals surface area contributed by atoms with E-state index in [1.807, 2.05) is 24.4 Å². The molecule has 4 aliphatic carbocycles. The van der Waals surface area contributed by atoms with Crippen LogP contribution >= 0.6 is 15.9 Å². The van der Waals surface area contributed by atoms with Crippen LogP contribution in [0.2, 0.25) is 0 Å². The highest BCUT2D eigenvalue weighted by Crippen LogP contribution is 2.70. The molecule has 2 heterocycles. The molecule has 41 heavy (non-hydrogen) atoms. The maximum Gasteiger partial charge on any atom is 0.148 e. The zero-order chi connectivity index (χ0) is 28.8. The molecule has 1 aliphatic heterocycles. The Morgan fingerprint density at radius 2 is 1.80 bits per heavy atom. The number of nitrogens with zero attached hydrogens (tertiary/aromatic N) is 3. The fourth-order valence-electron chi connectivity index (χ4n) is 10.9. The molecule has 4 saturated carbocycles. The second kappa shape index (κ2) is 12.1. The average Bonchev–Trinajstić information content (AvgIpc) is 3.60. The molecule has 1 aromatic carbocycles. The Balaban J connectivity index is 0.000000195. The lowest BCUT2D eigenvalue weighted by Gasteiger charge is -2.60. The molecule has 4 nitrogen and oxygen atoms in total. The van der Waals surface area contributed by atoms with Gasteiger partial charge in [-0.2, -0.15) is 0 Å². The Hall–Kier alpha value is -1.20. The van der Waals surface area contributed by atoms with Gasteiger partial charge in [0.05, 0.1) is 24.9 Å². The van der Waals surface area contributed by atoms with Gasteiger partial charge in [-0.3, -0.25) is 0 Å². The maximum atomic E-state index is 6.82. The SMILES string of the molecule is Brc1cn(Cc2ccccc2)nn1.CC(C)CCC1O[C@H]2C[C@H]3[C@@H]4CCC5CCCC[C@]5(C)[C@H]4CC[C@]3(C)[C@H]2[C@@H]1C. The first-order valence-electron chi connectivity index (χ1n) is 16.9. The van der Waals surface area contributed by atoms with Crippen LogP contribution in [-0.4, -0.2) is 27.2 Å². The number of hydrogen-bond acceptors (Lipinski definition) is 3. The van der Waals surface area contributed by atoms with Gasteiger partial charge in [-0.05, 0) is 132 Å². The van der Waals surface area contributed by atoms with E-state index in [1.54, 1.807) is 4.68 Å². The molecule has 1 aromatic heterocycles. The van der Waals surface area contributed by atoms with Gasteiger partial charge in [-0.15, -0.1) is 5.10 Å². The van der Waals surface area contributed by atoms with E-state index in [-0.39, 0.29) is 0 Å². The van der Waals surface area contributed by atoms with Gasteiger partial charge in [-0.1, -0.05) is 83.0 Å². The number of aromatic nitrogens is 3. The highest BCUT2D eigenvalue weighted by molar-refractivity contribution is 9.10. The van der Waals surface area contributed by atoms with Gasteiger partial charge >= 0.3 is 0 Å². The van der Waals surface area contributed by atoms with Crippen LogP contribution in [0, 0.1) is 52.3 Å². The summed E-state index contributed by atoms with van der Waals surface area (Å²) in [4.78, 5) is 0. The first-order chi connectivity index (χ1) is 19.7. The van der Waals surface area contributed by atoms with E-state index in [4.69, 9.17) is 4.74 Å². The summed E-state index contributed by atoms with van der Waals surface area (Å²) in [5.41, 5.74) is 2.46. The number of hydrogen-bond donors (Lipinski definition) is 0. The number of rotatable bonds is 5. The Labute approximate surface area is 257 Å². The predicted molar refractivity (Wildman–Crippen MR) is 170 cm³/mol. The van der Waals surface area contributed by atoms with Crippen molar-refractivity contribution >= 4 is 15.9 Å². The van der Waals surface area contributed by atoms with Crippen LogP contribution in [0.15, 0.2) is 41.1 Å². The van der Waals surface area contributed by atoms with Crippen LogP contribution in [0.1, 0.15) is 111 Å². The fraction of sp³-hybridized carbons (Fsp3) is 0.778. The molecular weight excluding hydrogens is 570 g/mol. The number of fused-ring (bicyclic) bond motifs is 7. The van der Waals surface area contributed by atoms with E-state index in [0.717, 1.165) is 52.6 Å². The Kier molecular flexibility index (Phi) is 8.78. The van der Waals surface area contributed by atoms with Crippen LogP contribution in [0.3, 0.4) is 0 Å². The smallest absolute Gasteiger partial charge is 0.148 e. The molecule has 2 aromatic rings. The van der Waals surface area contributed by atoms with Gasteiger partial charge in [-0.25, -0.2) is 4.68 Å². The van der Waals surface area contributed by atoms with Crippen molar-refractivity contribution in [2.45, 2.75) is 124 Å². The van der Waals surface area contributed by atoms with Gasteiger partial charge in [0.1, 0.15) is 4.60 Å². The molecule has 5 heteroatoms. The van der Waals surface area contributed by atoms with E-state index in [2.05, 4.69) is 73.0 Å². The zero-order valence-corrected chi connectivity index (χ0v) is 27.9. The molecule has 0 radical (unpaired) electrons. The Morgan fingerprint density at radius 1 is 1.00 bits per heavy atom. The standard InChI is InChI=1S/C27H46O.C9H8BrN3/c1-17(2)9-12-23-18(3)25-24(28-23)16-22-20-11-10-19-8-6-7-14-26(19,4)21(20)13-15-27(22,25)5;10-9-7-13(12-11-9)6-8-4-2-1-3-5-8/h17-25H,6-16H2,1-5H3;1-5,7H,6H2/t18-,19?,20-,21+,22+,23?,24+,25+,26+,27+;/m1./s1. The summed E-state index contributed by atoms with van der Waals surface area (Å²) in [7, 11) is 0. The first kappa shape index (κ1) is 29.9. The number of halogens is 1. The quantitative estimate of drug-likeness (QED) is 0.333. The molecule has 7 rings (SSSR count). The van der Waals surface area contributed by atoms with Crippen molar-refractivity contribution in [3.8, 4) is 0 Å². The van der Waals surface area contributed by atoms with Gasteiger partial charge < -0.3 is 4.74 Å². The highest BCUT2D eigenvalue weighted by Gasteiger charge is 2.65. The van der Waals surface area contributed by atoms with Gasteiger partial charge in [0.25, 0.3) is 0 Å². The van der Waals surface area contributed by atoms with Crippen molar-refractivity contribution in [2.75, 3.05) is 0 Å². The van der Waals surface area contributed by atoms with Gasteiger partial charge in [0.2, 0.25) is 0 Å². The highest BCUT2D eigenvalue weighted by atomic mass is 79.9. The molecule has 2 unspecified atom stereocenters. The number of ether oxygens (including phenoxy) is 1. The molecule has 5 fully saturated rings. The third-order valence-corrected chi connectivity index (χ3v) is 13.3.